The summed E-state index contributed by atoms with van der Waals surface area (Å²) >= 11 is 7.43. The van der Waals surface area contributed by atoms with Gasteiger partial charge in [0.15, 0.2) is 5.82 Å². The molecule has 1 heterocycles. The number of hydrogen-bond acceptors (Lipinski definition) is 6. The van der Waals surface area contributed by atoms with E-state index in [-0.39, 0.29) is 5.91 Å². The molecule has 0 unspecified atom stereocenters. The van der Waals surface area contributed by atoms with E-state index >= 15 is 0 Å². The van der Waals surface area contributed by atoms with Gasteiger partial charge in [0.1, 0.15) is 5.75 Å². The zero-order chi connectivity index (χ0) is 20.1. The summed E-state index contributed by atoms with van der Waals surface area (Å²) in [6, 6.07) is 14.8. The maximum absolute atomic E-state index is 12.5. The second-order valence-electron chi connectivity index (χ2n) is 5.95. The van der Waals surface area contributed by atoms with Gasteiger partial charge in [-0.05, 0) is 25.1 Å². The number of aromatic nitrogens is 3. The number of halogens is 1. The normalized spacial score (nSPS) is 11.8. The van der Waals surface area contributed by atoms with Crippen molar-refractivity contribution in [2.45, 2.75) is 23.9 Å². The third kappa shape index (κ3) is 4.40. The van der Waals surface area contributed by atoms with Crippen molar-refractivity contribution >= 4 is 29.3 Å². The summed E-state index contributed by atoms with van der Waals surface area (Å²) in [5.41, 5.74) is 1.58. The van der Waals surface area contributed by atoms with Crippen molar-refractivity contribution in [3.63, 3.8) is 0 Å². The fraction of sp³-hybridized carbons (Fsp3) is 0.211. The molecule has 2 aromatic carbocycles. The number of methoxy groups -OCH3 is 1. The molecule has 7 nitrogen and oxygen atoms in total. The Morgan fingerprint density at radius 2 is 1.96 bits per heavy atom. The van der Waals surface area contributed by atoms with Crippen molar-refractivity contribution in [1.29, 1.82) is 0 Å². The summed E-state index contributed by atoms with van der Waals surface area (Å²) in [7, 11) is 1.60. The number of nitrogen functional groups attached to an aromatic ring is 1. The molecule has 0 fully saturated rings. The van der Waals surface area contributed by atoms with Gasteiger partial charge in [0.2, 0.25) is 11.1 Å². The van der Waals surface area contributed by atoms with Crippen LogP contribution in [0.4, 0.5) is 0 Å². The van der Waals surface area contributed by atoms with E-state index in [0.29, 0.717) is 28.1 Å². The predicted octanol–water partition coefficient (Wildman–Crippen LogP) is 3.12. The molecule has 1 amide bonds. The minimum absolute atomic E-state index is 0.141. The first-order valence-corrected chi connectivity index (χ1v) is 9.78. The highest BCUT2D eigenvalue weighted by Crippen LogP contribution is 2.29. The van der Waals surface area contributed by atoms with E-state index in [1.54, 1.807) is 20.1 Å². The minimum atomic E-state index is -0.416. The number of nitrogens with zero attached hydrogens (tertiary/aromatic N) is 3. The number of nitrogens with two attached hydrogens (primary N) is 1. The van der Waals surface area contributed by atoms with E-state index in [1.165, 1.54) is 16.4 Å². The van der Waals surface area contributed by atoms with Crippen LogP contribution in [0.1, 0.15) is 12.5 Å². The average Bonchev–Trinajstić information content (AvgIpc) is 3.06. The Bertz CT molecular complexity index is 978. The predicted molar refractivity (Wildman–Crippen MR) is 111 cm³/mol. The zero-order valence-corrected chi connectivity index (χ0v) is 17.0. The highest BCUT2D eigenvalue weighted by molar-refractivity contribution is 8.00. The first kappa shape index (κ1) is 20.0. The maximum atomic E-state index is 12.5. The monoisotopic (exact) mass is 417 g/mol. The lowest BCUT2D eigenvalue weighted by Crippen LogP contribution is -2.31. The Morgan fingerprint density at radius 1 is 1.25 bits per heavy atom. The van der Waals surface area contributed by atoms with Gasteiger partial charge >= 0.3 is 0 Å². The molecule has 0 bridgehead atoms. The van der Waals surface area contributed by atoms with Crippen molar-refractivity contribution in [2.24, 2.45) is 0 Å². The summed E-state index contributed by atoms with van der Waals surface area (Å²) in [6.45, 7) is 2.15. The minimum Gasteiger partial charge on any atom is -0.496 e. The van der Waals surface area contributed by atoms with Crippen LogP contribution in [0, 0.1) is 0 Å². The third-order valence-corrected chi connectivity index (χ3v) is 5.46. The van der Waals surface area contributed by atoms with Gasteiger partial charge in [0.25, 0.3) is 0 Å². The number of thioether (sulfide) groups is 1. The molecule has 0 saturated carbocycles. The van der Waals surface area contributed by atoms with E-state index in [0.717, 1.165) is 11.3 Å². The van der Waals surface area contributed by atoms with E-state index in [4.69, 9.17) is 22.2 Å². The first-order valence-electron chi connectivity index (χ1n) is 8.53. The summed E-state index contributed by atoms with van der Waals surface area (Å²) < 4.78 is 6.64. The van der Waals surface area contributed by atoms with Gasteiger partial charge in [-0.2, -0.15) is 0 Å². The number of rotatable bonds is 7. The van der Waals surface area contributed by atoms with Crippen LogP contribution in [0.15, 0.2) is 53.7 Å². The number of hydrogen-bond donors (Lipinski definition) is 2. The fourth-order valence-electron chi connectivity index (χ4n) is 2.57. The van der Waals surface area contributed by atoms with E-state index in [9.17, 15) is 4.79 Å². The van der Waals surface area contributed by atoms with Crippen LogP contribution in [-0.4, -0.2) is 33.1 Å². The lowest BCUT2D eigenvalue weighted by atomic mass is 10.2. The summed E-state index contributed by atoms with van der Waals surface area (Å²) in [4.78, 5) is 12.5. The second kappa shape index (κ2) is 8.99. The van der Waals surface area contributed by atoms with Crippen LogP contribution < -0.4 is 15.9 Å². The quantitative estimate of drug-likeness (QED) is 0.453. The Labute approximate surface area is 172 Å². The fourth-order valence-corrected chi connectivity index (χ4v) is 3.59. The number of benzene rings is 2. The second-order valence-corrected chi connectivity index (χ2v) is 7.66. The molecule has 1 aromatic heterocycles. The van der Waals surface area contributed by atoms with Gasteiger partial charge in [0, 0.05) is 17.7 Å². The number of amides is 1. The molecule has 28 heavy (non-hydrogen) atoms. The van der Waals surface area contributed by atoms with Crippen molar-refractivity contribution in [2.75, 3.05) is 13.0 Å². The van der Waals surface area contributed by atoms with Gasteiger partial charge in [-0.25, -0.2) is 4.68 Å². The standard InChI is InChI=1S/C19H20ClN5O2S/c1-12(18(26)22-11-13-7-3-6-10-16(13)27-2)28-19-24-23-17(25(19)21)14-8-4-5-9-15(14)20/h3-10,12H,11,21H2,1-2H3,(H,22,26)/t12-/m1/s1. The van der Waals surface area contributed by atoms with Crippen molar-refractivity contribution in [3.05, 3.63) is 59.1 Å². The Morgan fingerprint density at radius 3 is 2.71 bits per heavy atom. The largest absolute Gasteiger partial charge is 0.496 e. The molecular weight excluding hydrogens is 398 g/mol. The summed E-state index contributed by atoms with van der Waals surface area (Å²) in [5.74, 6) is 7.15. The topological polar surface area (TPSA) is 95.1 Å². The van der Waals surface area contributed by atoms with E-state index < -0.39 is 5.25 Å². The molecule has 0 aliphatic carbocycles. The zero-order valence-electron chi connectivity index (χ0n) is 15.4. The Hall–Kier alpha value is -2.71. The van der Waals surface area contributed by atoms with Crippen LogP contribution in [-0.2, 0) is 11.3 Å². The number of carbonyl (C=O) groups is 1. The number of carbonyl (C=O) groups excluding carboxylic acids is 1. The van der Waals surface area contributed by atoms with Gasteiger partial charge in [0.05, 0.1) is 17.4 Å². The molecule has 0 saturated heterocycles. The molecule has 3 rings (SSSR count). The number of ether oxygens (including phenoxy) is 1. The lowest BCUT2D eigenvalue weighted by Gasteiger charge is -2.13. The molecule has 9 heteroatoms. The summed E-state index contributed by atoms with van der Waals surface area (Å²) in [5, 5.41) is 11.6. The molecule has 3 N–H and O–H groups in total. The van der Waals surface area contributed by atoms with Crippen LogP contribution in [0.2, 0.25) is 5.02 Å². The highest BCUT2D eigenvalue weighted by atomic mass is 35.5. The van der Waals surface area contributed by atoms with Crippen molar-refractivity contribution in [1.82, 2.24) is 20.2 Å². The molecule has 1 atom stereocenters. The SMILES string of the molecule is COc1ccccc1CNC(=O)[C@@H](C)Sc1nnc(-c2ccccc2Cl)n1N. The van der Waals surface area contributed by atoms with Crippen molar-refractivity contribution < 1.29 is 9.53 Å². The van der Waals surface area contributed by atoms with Gasteiger partial charge < -0.3 is 15.9 Å². The molecule has 146 valence electrons. The molecule has 0 aliphatic rings. The lowest BCUT2D eigenvalue weighted by molar-refractivity contribution is -0.120. The van der Waals surface area contributed by atoms with Gasteiger partial charge in [-0.15, -0.1) is 10.2 Å². The van der Waals surface area contributed by atoms with Gasteiger partial charge in [-0.1, -0.05) is 53.7 Å². The average molecular weight is 418 g/mol. The van der Waals surface area contributed by atoms with Crippen molar-refractivity contribution in [3.8, 4) is 17.1 Å². The Balaban J connectivity index is 1.65. The van der Waals surface area contributed by atoms with Crippen LogP contribution in [0.5, 0.6) is 5.75 Å². The van der Waals surface area contributed by atoms with Gasteiger partial charge in [-0.3, -0.25) is 4.79 Å². The van der Waals surface area contributed by atoms with Crippen LogP contribution >= 0.6 is 23.4 Å². The number of nitrogens with one attached hydrogen (secondary N) is 1. The third-order valence-electron chi connectivity index (χ3n) is 4.08. The Kier molecular flexibility index (Phi) is 6.43. The van der Waals surface area contributed by atoms with Crippen LogP contribution in [0.3, 0.4) is 0 Å². The molecule has 0 aliphatic heterocycles. The molecule has 0 spiro atoms. The smallest absolute Gasteiger partial charge is 0.233 e. The summed E-state index contributed by atoms with van der Waals surface area (Å²) in [6.07, 6.45) is 0. The first-order chi connectivity index (χ1) is 13.5. The van der Waals surface area contributed by atoms with Crippen LogP contribution in [0.25, 0.3) is 11.4 Å². The number of para-hydroxylation sites is 1. The molecular formula is C19H20ClN5O2S. The van der Waals surface area contributed by atoms with E-state index in [2.05, 4.69) is 15.5 Å². The van der Waals surface area contributed by atoms with E-state index in [1.807, 2.05) is 42.5 Å². The highest BCUT2D eigenvalue weighted by Gasteiger charge is 2.20. The molecule has 0 radical (unpaired) electrons. The maximum Gasteiger partial charge on any atom is 0.233 e. The molecule has 3 aromatic rings.